The molecule has 0 amide bonds. The molecule has 0 atom stereocenters. The molecule has 1 fully saturated rings. The molecular weight excluding hydrogens is 316 g/mol. The van der Waals surface area contributed by atoms with Gasteiger partial charge in [0.15, 0.2) is 11.3 Å². The number of para-hydroxylation sites is 2. The topological polar surface area (TPSA) is 70.0 Å². The highest BCUT2D eigenvalue weighted by Gasteiger charge is 2.30. The Morgan fingerprint density at radius 2 is 1.92 bits per heavy atom. The lowest BCUT2D eigenvalue weighted by molar-refractivity contribution is 0.600. The maximum Gasteiger partial charge on any atom is 0.279 e. The average molecular weight is 334 g/mol. The number of fused-ring (bicyclic) bond motifs is 3. The predicted molar refractivity (Wildman–Crippen MR) is 94.2 cm³/mol. The van der Waals surface area contributed by atoms with E-state index in [1.165, 1.54) is 0 Å². The van der Waals surface area contributed by atoms with E-state index in [1.54, 1.807) is 17.2 Å². The Labute approximate surface area is 143 Å². The number of hydrogen-bond donors (Lipinski definition) is 0. The maximum absolute atomic E-state index is 13.3. The zero-order chi connectivity index (χ0) is 17.1. The van der Waals surface area contributed by atoms with Crippen LogP contribution in [0.1, 0.15) is 44.3 Å². The summed E-state index contributed by atoms with van der Waals surface area (Å²) < 4.78 is 5.42. The predicted octanol–water partition coefficient (Wildman–Crippen LogP) is 2.69. The van der Waals surface area contributed by atoms with E-state index in [0.717, 1.165) is 29.6 Å². The van der Waals surface area contributed by atoms with E-state index in [1.807, 2.05) is 47.1 Å². The molecule has 126 valence electrons. The summed E-state index contributed by atoms with van der Waals surface area (Å²) in [5, 5.41) is 8.26. The second-order valence-electron chi connectivity index (χ2n) is 6.89. The third kappa shape index (κ3) is 1.98. The van der Waals surface area contributed by atoms with Crippen molar-refractivity contribution in [1.29, 1.82) is 0 Å². The standard InChI is InChI=1S/C18H18N6O/c1-11(2)23-14-6-4-3-5-13(14)22-10-19-17(16(22)18(23)25)24-15(9-20-21-24)12-7-8-12/h3-6,9-12H,7-8H2,1-2H3. The number of benzene rings is 1. The fraction of sp³-hybridized carbons (Fsp3) is 0.333. The summed E-state index contributed by atoms with van der Waals surface area (Å²) in [4.78, 5) is 17.8. The van der Waals surface area contributed by atoms with Gasteiger partial charge >= 0.3 is 0 Å². The molecule has 0 radical (unpaired) electrons. The normalized spacial score (nSPS) is 14.8. The van der Waals surface area contributed by atoms with Gasteiger partial charge in [-0.05, 0) is 38.8 Å². The number of imidazole rings is 1. The minimum absolute atomic E-state index is 0.0452. The first-order valence-electron chi connectivity index (χ1n) is 8.58. The van der Waals surface area contributed by atoms with Gasteiger partial charge in [0, 0.05) is 12.0 Å². The minimum atomic E-state index is -0.0570. The third-order valence-electron chi connectivity index (χ3n) is 4.86. The van der Waals surface area contributed by atoms with Gasteiger partial charge in [0.05, 0.1) is 22.9 Å². The van der Waals surface area contributed by atoms with Crippen molar-refractivity contribution in [2.24, 2.45) is 0 Å². The highest BCUT2D eigenvalue weighted by atomic mass is 16.1. The number of nitrogens with zero attached hydrogens (tertiary/aromatic N) is 6. The van der Waals surface area contributed by atoms with Crippen LogP contribution in [0.4, 0.5) is 0 Å². The van der Waals surface area contributed by atoms with Crippen molar-refractivity contribution in [3.8, 4) is 5.82 Å². The van der Waals surface area contributed by atoms with Crippen LogP contribution in [0.2, 0.25) is 0 Å². The van der Waals surface area contributed by atoms with E-state index >= 15 is 0 Å². The van der Waals surface area contributed by atoms with Crippen molar-refractivity contribution in [3.63, 3.8) is 0 Å². The summed E-state index contributed by atoms with van der Waals surface area (Å²) in [5.41, 5.74) is 3.38. The molecule has 0 unspecified atom stereocenters. The van der Waals surface area contributed by atoms with Crippen LogP contribution in [0.25, 0.3) is 22.4 Å². The van der Waals surface area contributed by atoms with Crippen LogP contribution >= 0.6 is 0 Å². The molecule has 0 saturated heterocycles. The smallest absolute Gasteiger partial charge is 0.279 e. The first kappa shape index (κ1) is 14.4. The average Bonchev–Trinajstić information content (AvgIpc) is 3.16. The summed E-state index contributed by atoms with van der Waals surface area (Å²) in [7, 11) is 0. The van der Waals surface area contributed by atoms with Gasteiger partial charge in [-0.15, -0.1) is 5.10 Å². The van der Waals surface area contributed by atoms with E-state index in [9.17, 15) is 4.79 Å². The zero-order valence-corrected chi connectivity index (χ0v) is 14.1. The second kappa shape index (κ2) is 5.02. The fourth-order valence-corrected chi connectivity index (χ4v) is 3.55. The lowest BCUT2D eigenvalue weighted by Crippen LogP contribution is -2.25. The Bertz CT molecular complexity index is 1160. The first-order valence-corrected chi connectivity index (χ1v) is 8.58. The van der Waals surface area contributed by atoms with Crippen LogP contribution in [0.3, 0.4) is 0 Å². The molecule has 1 aromatic carbocycles. The van der Waals surface area contributed by atoms with Gasteiger partial charge in [0.2, 0.25) is 0 Å². The Morgan fingerprint density at radius 3 is 2.64 bits per heavy atom. The largest absolute Gasteiger partial charge is 0.302 e. The highest BCUT2D eigenvalue weighted by molar-refractivity contribution is 5.81. The van der Waals surface area contributed by atoms with Crippen LogP contribution < -0.4 is 5.56 Å². The molecule has 4 aromatic rings. The summed E-state index contributed by atoms with van der Waals surface area (Å²) >= 11 is 0. The Hall–Kier alpha value is -2.96. The Kier molecular flexibility index (Phi) is 2.89. The molecule has 3 heterocycles. The summed E-state index contributed by atoms with van der Waals surface area (Å²) in [6, 6.07) is 7.95. The van der Waals surface area contributed by atoms with Crippen LogP contribution in [0.15, 0.2) is 41.6 Å². The van der Waals surface area contributed by atoms with Crippen LogP contribution in [0, 0.1) is 0 Å². The maximum atomic E-state index is 13.3. The minimum Gasteiger partial charge on any atom is -0.302 e. The second-order valence-corrected chi connectivity index (χ2v) is 6.89. The molecule has 3 aromatic heterocycles. The molecule has 5 rings (SSSR count). The summed E-state index contributed by atoms with van der Waals surface area (Å²) in [6.07, 6.45) is 5.76. The highest BCUT2D eigenvalue weighted by Crippen LogP contribution is 2.40. The SMILES string of the molecule is CC(C)n1c(=O)c2c(-n3nncc3C3CC3)ncn2c2ccccc21. The lowest BCUT2D eigenvalue weighted by Gasteiger charge is -2.15. The quantitative estimate of drug-likeness (QED) is 0.577. The van der Waals surface area contributed by atoms with Gasteiger partial charge < -0.3 is 4.57 Å². The van der Waals surface area contributed by atoms with E-state index < -0.39 is 0 Å². The molecule has 0 aliphatic heterocycles. The van der Waals surface area contributed by atoms with Crippen LogP contribution in [0.5, 0.6) is 0 Å². The van der Waals surface area contributed by atoms with Crippen molar-refractivity contribution < 1.29 is 0 Å². The molecule has 1 saturated carbocycles. The molecule has 7 heteroatoms. The van der Waals surface area contributed by atoms with Gasteiger partial charge in [0.25, 0.3) is 5.56 Å². The van der Waals surface area contributed by atoms with Crippen LogP contribution in [-0.2, 0) is 0 Å². The van der Waals surface area contributed by atoms with Gasteiger partial charge in [-0.2, -0.15) is 4.68 Å². The van der Waals surface area contributed by atoms with Crippen molar-refractivity contribution in [2.45, 2.75) is 38.6 Å². The molecule has 0 bridgehead atoms. The van der Waals surface area contributed by atoms with Gasteiger partial charge in [-0.3, -0.25) is 9.20 Å². The van der Waals surface area contributed by atoms with Gasteiger partial charge in [-0.1, -0.05) is 17.3 Å². The monoisotopic (exact) mass is 334 g/mol. The number of rotatable bonds is 3. The lowest BCUT2D eigenvalue weighted by atomic mass is 10.2. The molecule has 0 spiro atoms. The van der Waals surface area contributed by atoms with E-state index in [0.29, 0.717) is 17.3 Å². The van der Waals surface area contributed by atoms with Crippen molar-refractivity contribution in [1.82, 2.24) is 28.9 Å². The summed E-state index contributed by atoms with van der Waals surface area (Å²) in [6.45, 7) is 4.04. The van der Waals surface area contributed by atoms with E-state index in [-0.39, 0.29) is 11.6 Å². The Morgan fingerprint density at radius 1 is 1.16 bits per heavy atom. The number of aromatic nitrogens is 6. The number of hydrogen-bond acceptors (Lipinski definition) is 4. The van der Waals surface area contributed by atoms with Crippen molar-refractivity contribution in [3.05, 3.63) is 52.8 Å². The molecule has 1 aliphatic rings. The van der Waals surface area contributed by atoms with E-state index in [4.69, 9.17) is 0 Å². The molecular formula is C18H18N6O. The third-order valence-corrected chi connectivity index (χ3v) is 4.86. The Balaban J connectivity index is 1.91. The molecule has 0 N–H and O–H groups in total. The molecule has 7 nitrogen and oxygen atoms in total. The molecule has 1 aliphatic carbocycles. The van der Waals surface area contributed by atoms with Crippen LogP contribution in [-0.4, -0.2) is 28.9 Å². The summed E-state index contributed by atoms with van der Waals surface area (Å²) in [5.74, 6) is 1.03. The van der Waals surface area contributed by atoms with Crippen molar-refractivity contribution >= 4 is 16.6 Å². The first-order chi connectivity index (χ1) is 12.2. The van der Waals surface area contributed by atoms with E-state index in [2.05, 4.69) is 15.3 Å². The fourth-order valence-electron chi connectivity index (χ4n) is 3.55. The zero-order valence-electron chi connectivity index (χ0n) is 14.1. The van der Waals surface area contributed by atoms with Crippen molar-refractivity contribution in [2.75, 3.05) is 0 Å². The van der Waals surface area contributed by atoms with Gasteiger partial charge in [0.1, 0.15) is 6.33 Å². The van der Waals surface area contributed by atoms with Gasteiger partial charge in [-0.25, -0.2) is 4.98 Å². The molecule has 25 heavy (non-hydrogen) atoms.